The number of aromatic amines is 1. The number of aryl methyl sites for hydroxylation is 1. The van der Waals surface area contributed by atoms with Crippen molar-refractivity contribution < 1.29 is 14.4 Å². The van der Waals surface area contributed by atoms with Crippen LogP contribution in [0.5, 0.6) is 0 Å². The molecule has 0 radical (unpaired) electrons. The summed E-state index contributed by atoms with van der Waals surface area (Å²) in [7, 11) is 1.56. The van der Waals surface area contributed by atoms with E-state index in [0.29, 0.717) is 33.8 Å². The van der Waals surface area contributed by atoms with Crippen molar-refractivity contribution >= 4 is 23.3 Å². The van der Waals surface area contributed by atoms with Crippen LogP contribution in [0.4, 0.5) is 5.69 Å². The van der Waals surface area contributed by atoms with E-state index in [2.05, 4.69) is 15.6 Å². The standard InChI is InChI=1S/C17H19N3O3/c1-9-14(11(3)21)10(2)19-15(9)17(23)20-13-7-5-12(6-8-13)16(22)18-4/h5-8,19H,1-4H3,(H,18,22)(H,20,23). The molecule has 0 aliphatic rings. The van der Waals surface area contributed by atoms with Crippen LogP contribution >= 0.6 is 0 Å². The van der Waals surface area contributed by atoms with Crippen LogP contribution in [-0.2, 0) is 0 Å². The third-order valence-electron chi connectivity index (χ3n) is 3.65. The second-order valence-corrected chi connectivity index (χ2v) is 5.29. The predicted octanol–water partition coefficient (Wildman–Crippen LogP) is 2.45. The predicted molar refractivity (Wildman–Crippen MR) is 88.1 cm³/mol. The number of Topliss-reactive ketones (excluding diaryl/α,β-unsaturated/α-hetero) is 1. The van der Waals surface area contributed by atoms with Gasteiger partial charge in [0.1, 0.15) is 5.69 Å². The van der Waals surface area contributed by atoms with Crippen molar-refractivity contribution in [2.45, 2.75) is 20.8 Å². The van der Waals surface area contributed by atoms with Crippen molar-refractivity contribution in [1.29, 1.82) is 0 Å². The Balaban J connectivity index is 2.21. The Morgan fingerprint density at radius 2 is 1.61 bits per heavy atom. The highest BCUT2D eigenvalue weighted by atomic mass is 16.2. The maximum absolute atomic E-state index is 12.4. The van der Waals surface area contributed by atoms with Gasteiger partial charge in [0.2, 0.25) is 0 Å². The summed E-state index contributed by atoms with van der Waals surface area (Å²) >= 11 is 0. The van der Waals surface area contributed by atoms with Gasteiger partial charge in [-0.15, -0.1) is 0 Å². The first kappa shape index (κ1) is 16.5. The van der Waals surface area contributed by atoms with Crippen molar-refractivity contribution in [3.8, 4) is 0 Å². The first-order chi connectivity index (χ1) is 10.8. The monoisotopic (exact) mass is 313 g/mol. The number of carbonyl (C=O) groups is 3. The summed E-state index contributed by atoms with van der Waals surface area (Å²) in [4.78, 5) is 38.4. The van der Waals surface area contributed by atoms with E-state index in [1.165, 1.54) is 6.92 Å². The molecule has 120 valence electrons. The summed E-state index contributed by atoms with van der Waals surface area (Å²) in [5, 5.41) is 5.28. The SMILES string of the molecule is CNC(=O)c1ccc(NC(=O)c2[nH]c(C)c(C(C)=O)c2C)cc1. The molecule has 0 spiro atoms. The fourth-order valence-electron chi connectivity index (χ4n) is 2.55. The van der Waals surface area contributed by atoms with Crippen LogP contribution in [0.3, 0.4) is 0 Å². The fourth-order valence-corrected chi connectivity index (χ4v) is 2.55. The normalized spacial score (nSPS) is 10.3. The summed E-state index contributed by atoms with van der Waals surface area (Å²) in [6.07, 6.45) is 0. The Labute approximate surface area is 134 Å². The minimum atomic E-state index is -0.328. The number of H-pyrrole nitrogens is 1. The number of benzene rings is 1. The summed E-state index contributed by atoms with van der Waals surface area (Å²) in [6, 6.07) is 6.56. The third-order valence-corrected chi connectivity index (χ3v) is 3.65. The lowest BCUT2D eigenvalue weighted by atomic mass is 10.1. The van der Waals surface area contributed by atoms with Crippen molar-refractivity contribution in [3.63, 3.8) is 0 Å². The topological polar surface area (TPSA) is 91.1 Å². The van der Waals surface area contributed by atoms with E-state index in [1.54, 1.807) is 45.2 Å². The van der Waals surface area contributed by atoms with Crippen LogP contribution in [0.2, 0.25) is 0 Å². The van der Waals surface area contributed by atoms with E-state index in [9.17, 15) is 14.4 Å². The number of amides is 2. The lowest BCUT2D eigenvalue weighted by Gasteiger charge is -2.06. The van der Waals surface area contributed by atoms with Crippen LogP contribution < -0.4 is 10.6 Å². The summed E-state index contributed by atoms with van der Waals surface area (Å²) < 4.78 is 0. The van der Waals surface area contributed by atoms with Crippen LogP contribution in [0.1, 0.15) is 49.4 Å². The zero-order chi connectivity index (χ0) is 17.1. The van der Waals surface area contributed by atoms with Crippen LogP contribution in [0, 0.1) is 13.8 Å². The minimum Gasteiger partial charge on any atom is -0.355 e. The molecule has 0 unspecified atom stereocenters. The van der Waals surface area contributed by atoms with Crippen molar-refractivity contribution in [2.24, 2.45) is 0 Å². The molecular formula is C17H19N3O3. The lowest BCUT2D eigenvalue weighted by Crippen LogP contribution is -2.18. The van der Waals surface area contributed by atoms with Crippen molar-refractivity contribution in [3.05, 3.63) is 52.3 Å². The average molecular weight is 313 g/mol. The van der Waals surface area contributed by atoms with Crippen LogP contribution in [-0.4, -0.2) is 29.6 Å². The summed E-state index contributed by atoms with van der Waals surface area (Å²) in [5.74, 6) is -0.596. The van der Waals surface area contributed by atoms with Crippen LogP contribution in [0.15, 0.2) is 24.3 Å². The number of aromatic nitrogens is 1. The molecule has 0 atom stereocenters. The first-order valence-corrected chi connectivity index (χ1v) is 7.18. The molecule has 1 heterocycles. The molecule has 0 saturated heterocycles. The molecule has 0 aliphatic carbocycles. The Kier molecular flexibility index (Phi) is 4.64. The van der Waals surface area contributed by atoms with Gasteiger partial charge in [-0.05, 0) is 50.6 Å². The van der Waals surface area contributed by atoms with E-state index < -0.39 is 0 Å². The number of anilines is 1. The molecule has 1 aromatic carbocycles. The van der Waals surface area contributed by atoms with Crippen LogP contribution in [0.25, 0.3) is 0 Å². The molecule has 6 nitrogen and oxygen atoms in total. The molecule has 3 N–H and O–H groups in total. The average Bonchev–Trinajstić information content (AvgIpc) is 2.82. The molecule has 2 amide bonds. The van der Waals surface area contributed by atoms with Gasteiger partial charge < -0.3 is 15.6 Å². The smallest absolute Gasteiger partial charge is 0.272 e. The number of hydrogen-bond acceptors (Lipinski definition) is 3. The molecular weight excluding hydrogens is 294 g/mol. The first-order valence-electron chi connectivity index (χ1n) is 7.18. The number of nitrogens with one attached hydrogen (secondary N) is 3. The Morgan fingerprint density at radius 3 is 2.09 bits per heavy atom. The van der Waals surface area contributed by atoms with Gasteiger partial charge in [-0.1, -0.05) is 0 Å². The molecule has 0 aliphatic heterocycles. The number of ketones is 1. The second-order valence-electron chi connectivity index (χ2n) is 5.29. The van der Waals surface area contributed by atoms with Gasteiger partial charge in [0.15, 0.2) is 5.78 Å². The van der Waals surface area contributed by atoms with E-state index in [4.69, 9.17) is 0 Å². The maximum atomic E-state index is 12.4. The maximum Gasteiger partial charge on any atom is 0.272 e. The third kappa shape index (κ3) is 3.31. The highest BCUT2D eigenvalue weighted by Crippen LogP contribution is 2.20. The quantitative estimate of drug-likeness (QED) is 0.757. The van der Waals surface area contributed by atoms with Gasteiger partial charge in [-0.2, -0.15) is 0 Å². The number of hydrogen-bond donors (Lipinski definition) is 3. The van der Waals surface area contributed by atoms with Gasteiger partial charge in [-0.3, -0.25) is 14.4 Å². The largest absolute Gasteiger partial charge is 0.355 e. The molecule has 1 aromatic heterocycles. The zero-order valence-corrected chi connectivity index (χ0v) is 13.5. The Bertz CT molecular complexity index is 773. The van der Waals surface area contributed by atoms with E-state index in [-0.39, 0.29) is 17.6 Å². The Hall–Kier alpha value is -2.89. The molecule has 6 heteroatoms. The van der Waals surface area contributed by atoms with Gasteiger partial charge in [-0.25, -0.2) is 0 Å². The lowest BCUT2D eigenvalue weighted by molar-refractivity contribution is 0.0961. The molecule has 2 aromatic rings. The summed E-state index contributed by atoms with van der Waals surface area (Å²) in [6.45, 7) is 4.98. The molecule has 0 fully saturated rings. The van der Waals surface area contributed by atoms with Crippen molar-refractivity contribution in [1.82, 2.24) is 10.3 Å². The molecule has 2 rings (SSSR count). The van der Waals surface area contributed by atoms with E-state index in [1.807, 2.05) is 0 Å². The second kappa shape index (κ2) is 6.48. The molecule has 0 bridgehead atoms. The molecule has 0 saturated carbocycles. The fraction of sp³-hybridized carbons (Fsp3) is 0.235. The van der Waals surface area contributed by atoms with E-state index in [0.717, 1.165) is 0 Å². The Morgan fingerprint density at radius 1 is 1.00 bits per heavy atom. The van der Waals surface area contributed by atoms with Crippen molar-refractivity contribution in [2.75, 3.05) is 12.4 Å². The van der Waals surface area contributed by atoms with Gasteiger partial charge in [0, 0.05) is 29.6 Å². The minimum absolute atomic E-state index is 0.0785. The van der Waals surface area contributed by atoms with Gasteiger partial charge in [0.05, 0.1) is 0 Å². The zero-order valence-electron chi connectivity index (χ0n) is 13.5. The number of rotatable bonds is 4. The summed E-state index contributed by atoms with van der Waals surface area (Å²) in [5.41, 5.74) is 3.30. The highest BCUT2D eigenvalue weighted by molar-refractivity contribution is 6.07. The molecule has 23 heavy (non-hydrogen) atoms. The van der Waals surface area contributed by atoms with Gasteiger partial charge in [0.25, 0.3) is 11.8 Å². The van der Waals surface area contributed by atoms with E-state index >= 15 is 0 Å². The number of carbonyl (C=O) groups excluding carboxylic acids is 3. The van der Waals surface area contributed by atoms with Gasteiger partial charge >= 0.3 is 0 Å². The highest BCUT2D eigenvalue weighted by Gasteiger charge is 2.19.